The second-order valence-electron chi connectivity index (χ2n) is 5.30. The molecule has 9 heteroatoms. The van der Waals surface area contributed by atoms with Crippen molar-refractivity contribution in [3.63, 3.8) is 0 Å². The van der Waals surface area contributed by atoms with Crippen molar-refractivity contribution < 1.29 is 36.9 Å². The van der Waals surface area contributed by atoms with Gasteiger partial charge >= 0.3 is 12.2 Å². The van der Waals surface area contributed by atoms with Crippen LogP contribution in [0.25, 0.3) is 0 Å². The minimum absolute atomic E-state index is 0.194. The normalized spacial score (nSPS) is 15.0. The number of anilines is 1. The van der Waals surface area contributed by atoms with Gasteiger partial charge in [-0.25, -0.2) is 9.18 Å². The zero-order valence-corrected chi connectivity index (χ0v) is 15.1. The SMILES string of the molecule is CCOC(=O)Nc1ccc(OC(F)(F)C(F)C(C)OC(C)OCC)cc1. The first-order chi connectivity index (χ1) is 12.2. The quantitative estimate of drug-likeness (QED) is 0.612. The summed E-state index contributed by atoms with van der Waals surface area (Å²) in [5.74, 6) is -0.267. The van der Waals surface area contributed by atoms with Crippen LogP contribution < -0.4 is 10.1 Å². The molecule has 1 aromatic carbocycles. The van der Waals surface area contributed by atoms with Crippen LogP contribution in [0.3, 0.4) is 0 Å². The molecule has 0 bridgehead atoms. The van der Waals surface area contributed by atoms with Gasteiger partial charge in [0, 0.05) is 12.3 Å². The predicted octanol–water partition coefficient (Wildman–Crippen LogP) is 4.35. The highest BCUT2D eigenvalue weighted by molar-refractivity contribution is 5.84. The Bertz CT molecular complexity index is 556. The van der Waals surface area contributed by atoms with Crippen LogP contribution >= 0.6 is 0 Å². The van der Waals surface area contributed by atoms with Gasteiger partial charge in [0.2, 0.25) is 6.17 Å². The number of carbonyl (C=O) groups is 1. The fourth-order valence-corrected chi connectivity index (χ4v) is 2.02. The molecule has 26 heavy (non-hydrogen) atoms. The molecular formula is C17H24F3NO5. The maximum Gasteiger partial charge on any atom is 0.432 e. The number of carbonyl (C=O) groups excluding carboxylic acids is 1. The fraction of sp³-hybridized carbons (Fsp3) is 0.588. The van der Waals surface area contributed by atoms with Gasteiger partial charge in [-0.2, -0.15) is 8.78 Å². The molecule has 0 aromatic heterocycles. The minimum atomic E-state index is -4.11. The highest BCUT2D eigenvalue weighted by Crippen LogP contribution is 2.30. The number of rotatable bonds is 10. The Morgan fingerprint density at radius 3 is 2.31 bits per heavy atom. The third-order valence-electron chi connectivity index (χ3n) is 3.17. The van der Waals surface area contributed by atoms with Gasteiger partial charge < -0.3 is 18.9 Å². The molecule has 0 aliphatic rings. The zero-order chi connectivity index (χ0) is 19.7. The van der Waals surface area contributed by atoms with Crippen LogP contribution in [0.2, 0.25) is 0 Å². The highest BCUT2D eigenvalue weighted by Gasteiger charge is 2.47. The third-order valence-corrected chi connectivity index (χ3v) is 3.17. The van der Waals surface area contributed by atoms with E-state index in [-0.39, 0.29) is 12.4 Å². The number of hydrogen-bond acceptors (Lipinski definition) is 5. The predicted molar refractivity (Wildman–Crippen MR) is 89.2 cm³/mol. The van der Waals surface area contributed by atoms with Crippen LogP contribution in [0, 0.1) is 0 Å². The molecule has 0 radical (unpaired) electrons. The van der Waals surface area contributed by atoms with Gasteiger partial charge in [0.1, 0.15) is 5.75 Å². The Kier molecular flexibility index (Phi) is 8.67. The van der Waals surface area contributed by atoms with Crippen molar-refractivity contribution >= 4 is 11.8 Å². The average molecular weight is 379 g/mol. The van der Waals surface area contributed by atoms with E-state index in [1.165, 1.54) is 38.1 Å². The lowest BCUT2D eigenvalue weighted by Crippen LogP contribution is -2.44. The highest BCUT2D eigenvalue weighted by atomic mass is 19.3. The Morgan fingerprint density at radius 2 is 1.77 bits per heavy atom. The van der Waals surface area contributed by atoms with E-state index in [9.17, 15) is 18.0 Å². The van der Waals surface area contributed by atoms with Crippen molar-refractivity contribution in [2.24, 2.45) is 0 Å². The molecule has 1 N–H and O–H groups in total. The van der Waals surface area contributed by atoms with E-state index in [0.29, 0.717) is 12.3 Å². The molecular weight excluding hydrogens is 355 g/mol. The van der Waals surface area contributed by atoms with Crippen molar-refractivity contribution in [3.8, 4) is 5.75 Å². The van der Waals surface area contributed by atoms with Crippen molar-refractivity contribution in [2.75, 3.05) is 18.5 Å². The minimum Gasteiger partial charge on any atom is -0.450 e. The van der Waals surface area contributed by atoms with Crippen LogP contribution in [0.5, 0.6) is 5.75 Å². The molecule has 6 nitrogen and oxygen atoms in total. The third kappa shape index (κ3) is 7.09. The second-order valence-corrected chi connectivity index (χ2v) is 5.30. The summed E-state index contributed by atoms with van der Waals surface area (Å²) < 4.78 is 61.3. The van der Waals surface area contributed by atoms with Crippen LogP contribution in [0.1, 0.15) is 27.7 Å². The molecule has 0 aliphatic heterocycles. The Hall–Kier alpha value is -2.00. The van der Waals surface area contributed by atoms with E-state index in [0.717, 1.165) is 0 Å². The van der Waals surface area contributed by atoms with Crippen molar-refractivity contribution in [2.45, 2.75) is 52.4 Å². The number of alkyl halides is 3. The Balaban J connectivity index is 2.65. The summed E-state index contributed by atoms with van der Waals surface area (Å²) in [4.78, 5) is 11.3. The fourth-order valence-electron chi connectivity index (χ4n) is 2.02. The van der Waals surface area contributed by atoms with Gasteiger partial charge in [-0.1, -0.05) is 0 Å². The Labute approximate surface area is 150 Å². The first kappa shape index (κ1) is 22.0. The van der Waals surface area contributed by atoms with Gasteiger partial charge in [-0.05, 0) is 52.0 Å². The maximum absolute atomic E-state index is 14.1. The van der Waals surface area contributed by atoms with E-state index in [4.69, 9.17) is 9.47 Å². The summed E-state index contributed by atoms with van der Waals surface area (Å²) in [6.45, 7) is 6.51. The van der Waals surface area contributed by atoms with Crippen LogP contribution in [-0.2, 0) is 14.2 Å². The topological polar surface area (TPSA) is 66.0 Å². The summed E-state index contributed by atoms with van der Waals surface area (Å²) in [7, 11) is 0. The van der Waals surface area contributed by atoms with E-state index >= 15 is 0 Å². The molecule has 0 aliphatic carbocycles. The van der Waals surface area contributed by atoms with Gasteiger partial charge in [0.15, 0.2) is 6.29 Å². The van der Waals surface area contributed by atoms with Crippen molar-refractivity contribution in [1.29, 1.82) is 0 Å². The first-order valence-corrected chi connectivity index (χ1v) is 8.21. The van der Waals surface area contributed by atoms with E-state index in [2.05, 4.69) is 14.8 Å². The summed E-state index contributed by atoms with van der Waals surface area (Å²) in [5.41, 5.74) is 0.318. The molecule has 0 heterocycles. The van der Waals surface area contributed by atoms with Gasteiger partial charge in [0.05, 0.1) is 12.7 Å². The average Bonchev–Trinajstić information content (AvgIpc) is 2.56. The molecule has 0 saturated heterocycles. The van der Waals surface area contributed by atoms with Crippen molar-refractivity contribution in [3.05, 3.63) is 24.3 Å². The lowest BCUT2D eigenvalue weighted by molar-refractivity contribution is -0.261. The van der Waals surface area contributed by atoms with Gasteiger partial charge in [-0.3, -0.25) is 5.32 Å². The molecule has 3 atom stereocenters. The second kappa shape index (κ2) is 10.2. The number of amides is 1. The molecule has 1 rings (SSSR count). The number of hydrogen-bond donors (Lipinski definition) is 1. The number of ether oxygens (including phenoxy) is 4. The van der Waals surface area contributed by atoms with Gasteiger partial charge in [0.25, 0.3) is 0 Å². The smallest absolute Gasteiger partial charge is 0.432 e. The number of halogens is 3. The summed E-state index contributed by atoms with van der Waals surface area (Å²) in [6, 6.07) is 5.01. The summed E-state index contributed by atoms with van der Waals surface area (Å²) in [5, 5.41) is 2.40. The number of benzene rings is 1. The monoisotopic (exact) mass is 379 g/mol. The van der Waals surface area contributed by atoms with E-state index in [1.54, 1.807) is 13.8 Å². The lowest BCUT2D eigenvalue weighted by atomic mass is 10.2. The first-order valence-electron chi connectivity index (χ1n) is 8.21. The molecule has 0 spiro atoms. The van der Waals surface area contributed by atoms with Crippen LogP contribution in [0.15, 0.2) is 24.3 Å². The van der Waals surface area contributed by atoms with E-state index in [1.807, 2.05) is 0 Å². The molecule has 3 unspecified atom stereocenters. The maximum atomic E-state index is 14.1. The van der Waals surface area contributed by atoms with Gasteiger partial charge in [-0.15, -0.1) is 0 Å². The standard InChI is InChI=1S/C17H24F3NO5/c1-5-23-12(4)25-11(3)15(18)17(19,20)26-14-9-7-13(8-10-14)21-16(22)24-6-2/h7-12,15H,5-6H2,1-4H3,(H,21,22). The molecule has 148 valence electrons. The lowest BCUT2D eigenvalue weighted by Gasteiger charge is -2.27. The molecule has 0 fully saturated rings. The Morgan fingerprint density at radius 1 is 1.15 bits per heavy atom. The van der Waals surface area contributed by atoms with Crippen LogP contribution in [-0.4, -0.2) is 44.0 Å². The number of nitrogens with one attached hydrogen (secondary N) is 1. The summed E-state index contributed by atoms with van der Waals surface area (Å²) >= 11 is 0. The van der Waals surface area contributed by atoms with Crippen molar-refractivity contribution in [1.82, 2.24) is 0 Å². The molecule has 1 aromatic rings. The molecule has 1 amide bonds. The van der Waals surface area contributed by atoms with E-state index < -0.39 is 30.8 Å². The van der Waals surface area contributed by atoms with Crippen LogP contribution in [0.4, 0.5) is 23.7 Å². The largest absolute Gasteiger partial charge is 0.450 e. The summed E-state index contributed by atoms with van der Waals surface area (Å²) in [6.07, 6.45) is -9.76. The molecule has 0 saturated carbocycles. The zero-order valence-electron chi connectivity index (χ0n) is 15.1.